The van der Waals surface area contributed by atoms with Gasteiger partial charge in [0.15, 0.2) is 0 Å². The average molecular weight is 192 g/mol. The summed E-state index contributed by atoms with van der Waals surface area (Å²) in [5.74, 6) is 1.12. The number of benzene rings is 1. The molecule has 2 N–H and O–H groups in total. The molecule has 2 atom stereocenters. The van der Waals surface area contributed by atoms with E-state index >= 15 is 0 Å². The molecule has 1 aromatic carbocycles. The van der Waals surface area contributed by atoms with Gasteiger partial charge in [-0.05, 0) is 41.9 Å². The third-order valence-corrected chi connectivity index (χ3v) is 3.27. The lowest BCUT2D eigenvalue weighted by Crippen LogP contribution is -2.10. The molecule has 0 heterocycles. The lowest BCUT2D eigenvalue weighted by atomic mass is 9.89. The van der Waals surface area contributed by atoms with Gasteiger partial charge in [0.05, 0.1) is 0 Å². The summed E-state index contributed by atoms with van der Waals surface area (Å²) >= 11 is 0. The van der Waals surface area contributed by atoms with Crippen molar-refractivity contribution < 1.29 is 10.2 Å². The zero-order chi connectivity index (χ0) is 10.1. The number of aliphatic hydroxyl groups is 1. The second-order valence-electron chi connectivity index (χ2n) is 4.15. The maximum atomic E-state index is 9.64. The van der Waals surface area contributed by atoms with E-state index in [1.807, 2.05) is 6.07 Å². The Labute approximate surface area is 84.2 Å². The summed E-state index contributed by atoms with van der Waals surface area (Å²) in [4.78, 5) is 0. The predicted molar refractivity (Wildman–Crippen MR) is 55.4 cm³/mol. The smallest absolute Gasteiger partial charge is 0.119 e. The van der Waals surface area contributed by atoms with Crippen LogP contribution in [0.2, 0.25) is 0 Å². The van der Waals surface area contributed by atoms with Crippen molar-refractivity contribution >= 4 is 0 Å². The van der Waals surface area contributed by atoms with Crippen molar-refractivity contribution in [2.24, 2.45) is 5.92 Å². The van der Waals surface area contributed by atoms with Gasteiger partial charge in [-0.3, -0.25) is 0 Å². The quantitative estimate of drug-likeness (QED) is 0.753. The lowest BCUT2D eigenvalue weighted by Gasteiger charge is -2.17. The topological polar surface area (TPSA) is 40.5 Å². The average Bonchev–Trinajstić information content (AvgIpc) is 2.62. The second-order valence-corrected chi connectivity index (χ2v) is 4.15. The van der Waals surface area contributed by atoms with Gasteiger partial charge in [0.1, 0.15) is 5.75 Å². The lowest BCUT2D eigenvalue weighted by molar-refractivity contribution is 0.215. The Bertz CT molecular complexity index is 333. The molecule has 0 amide bonds. The molecule has 2 nitrogen and oxygen atoms in total. The number of hydrogen-bond donors (Lipinski definition) is 2. The fourth-order valence-corrected chi connectivity index (χ4v) is 2.39. The molecule has 2 unspecified atom stereocenters. The third kappa shape index (κ3) is 1.40. The maximum absolute atomic E-state index is 9.64. The first-order valence-electron chi connectivity index (χ1n) is 5.15. The molecule has 0 spiro atoms. The van der Waals surface area contributed by atoms with Crippen LogP contribution in [-0.4, -0.2) is 16.8 Å². The van der Waals surface area contributed by atoms with Gasteiger partial charge in [-0.1, -0.05) is 19.1 Å². The first-order chi connectivity index (χ1) is 6.74. The van der Waals surface area contributed by atoms with Crippen molar-refractivity contribution in [2.75, 3.05) is 6.61 Å². The highest BCUT2D eigenvalue weighted by Crippen LogP contribution is 2.41. The van der Waals surface area contributed by atoms with E-state index in [9.17, 15) is 5.11 Å². The number of rotatable bonds is 2. The van der Waals surface area contributed by atoms with E-state index in [1.54, 1.807) is 6.07 Å². The third-order valence-electron chi connectivity index (χ3n) is 3.27. The Morgan fingerprint density at radius 2 is 2.29 bits per heavy atom. The summed E-state index contributed by atoms with van der Waals surface area (Å²) in [6.45, 7) is 2.28. The van der Waals surface area contributed by atoms with Crippen molar-refractivity contribution in [3.05, 3.63) is 29.3 Å². The zero-order valence-electron chi connectivity index (χ0n) is 8.40. The van der Waals surface area contributed by atoms with Crippen molar-refractivity contribution in [3.63, 3.8) is 0 Å². The van der Waals surface area contributed by atoms with Crippen LogP contribution in [0.3, 0.4) is 0 Å². The predicted octanol–water partition coefficient (Wildman–Crippen LogP) is 2.05. The van der Waals surface area contributed by atoms with Gasteiger partial charge in [-0.25, -0.2) is 0 Å². The Morgan fingerprint density at radius 3 is 3.00 bits per heavy atom. The molecule has 0 aliphatic heterocycles. The van der Waals surface area contributed by atoms with Crippen LogP contribution in [0.1, 0.15) is 30.4 Å². The number of hydrogen-bond acceptors (Lipinski definition) is 2. The SMILES string of the molecule is CC(CO)C1CCc2c(O)cccc21. The van der Waals surface area contributed by atoms with E-state index in [0.717, 1.165) is 18.4 Å². The molecule has 1 aliphatic carbocycles. The zero-order valence-corrected chi connectivity index (χ0v) is 8.40. The van der Waals surface area contributed by atoms with E-state index < -0.39 is 0 Å². The molecule has 0 fully saturated rings. The van der Waals surface area contributed by atoms with E-state index in [1.165, 1.54) is 5.56 Å². The molecule has 0 saturated carbocycles. The van der Waals surface area contributed by atoms with Crippen LogP contribution < -0.4 is 0 Å². The van der Waals surface area contributed by atoms with Crippen LogP contribution >= 0.6 is 0 Å². The van der Waals surface area contributed by atoms with Crippen LogP contribution in [0.4, 0.5) is 0 Å². The molecule has 0 saturated heterocycles. The van der Waals surface area contributed by atoms with Crippen molar-refractivity contribution in [1.29, 1.82) is 0 Å². The standard InChI is InChI=1S/C12H16O2/c1-8(7-13)9-5-6-11-10(9)3-2-4-12(11)14/h2-4,8-9,13-14H,5-7H2,1H3. The second kappa shape index (κ2) is 3.62. The van der Waals surface area contributed by atoms with Crippen molar-refractivity contribution in [2.45, 2.75) is 25.7 Å². The summed E-state index contributed by atoms with van der Waals surface area (Å²) in [6, 6.07) is 5.69. The van der Waals surface area contributed by atoms with Crippen LogP contribution in [0.5, 0.6) is 5.75 Å². The number of aromatic hydroxyl groups is 1. The molecular weight excluding hydrogens is 176 g/mol. The van der Waals surface area contributed by atoms with Gasteiger partial charge in [-0.2, -0.15) is 0 Å². The maximum Gasteiger partial charge on any atom is 0.119 e. The first kappa shape index (κ1) is 9.53. The van der Waals surface area contributed by atoms with Gasteiger partial charge >= 0.3 is 0 Å². The molecule has 1 aromatic rings. The fourth-order valence-electron chi connectivity index (χ4n) is 2.39. The van der Waals surface area contributed by atoms with Crippen LogP contribution in [-0.2, 0) is 6.42 Å². The Balaban J connectivity index is 2.35. The minimum Gasteiger partial charge on any atom is -0.508 e. The molecule has 0 radical (unpaired) electrons. The van der Waals surface area contributed by atoms with Crippen LogP contribution in [0, 0.1) is 5.92 Å². The largest absolute Gasteiger partial charge is 0.508 e. The van der Waals surface area contributed by atoms with E-state index in [0.29, 0.717) is 11.7 Å². The number of phenolic OH excluding ortho intramolecular Hbond substituents is 1. The monoisotopic (exact) mass is 192 g/mol. The van der Waals surface area contributed by atoms with Crippen molar-refractivity contribution in [3.8, 4) is 5.75 Å². The molecule has 76 valence electrons. The van der Waals surface area contributed by atoms with Crippen LogP contribution in [0.25, 0.3) is 0 Å². The summed E-state index contributed by atoms with van der Waals surface area (Å²) in [7, 11) is 0. The molecule has 0 bridgehead atoms. The number of fused-ring (bicyclic) bond motifs is 1. The Morgan fingerprint density at radius 1 is 1.50 bits per heavy atom. The molecule has 14 heavy (non-hydrogen) atoms. The number of aliphatic hydroxyl groups excluding tert-OH is 1. The Kier molecular flexibility index (Phi) is 2.46. The molecule has 1 aliphatic rings. The van der Waals surface area contributed by atoms with Crippen LogP contribution in [0.15, 0.2) is 18.2 Å². The van der Waals surface area contributed by atoms with Gasteiger partial charge in [-0.15, -0.1) is 0 Å². The van der Waals surface area contributed by atoms with Gasteiger partial charge < -0.3 is 10.2 Å². The minimum atomic E-state index is 0.222. The van der Waals surface area contributed by atoms with E-state index in [-0.39, 0.29) is 12.5 Å². The highest BCUT2D eigenvalue weighted by Gasteiger charge is 2.28. The molecule has 2 rings (SSSR count). The fraction of sp³-hybridized carbons (Fsp3) is 0.500. The molecule has 0 aromatic heterocycles. The summed E-state index contributed by atoms with van der Waals surface area (Å²) in [5.41, 5.74) is 2.31. The highest BCUT2D eigenvalue weighted by molar-refractivity contribution is 5.44. The normalized spacial score (nSPS) is 22.0. The van der Waals surface area contributed by atoms with Gasteiger partial charge in [0.25, 0.3) is 0 Å². The Hall–Kier alpha value is -1.02. The summed E-state index contributed by atoms with van der Waals surface area (Å²) < 4.78 is 0. The van der Waals surface area contributed by atoms with Gasteiger partial charge in [0, 0.05) is 6.61 Å². The highest BCUT2D eigenvalue weighted by atomic mass is 16.3. The summed E-state index contributed by atoms with van der Waals surface area (Å²) in [5, 5.41) is 18.8. The van der Waals surface area contributed by atoms with E-state index in [4.69, 9.17) is 5.11 Å². The van der Waals surface area contributed by atoms with E-state index in [2.05, 4.69) is 13.0 Å². The number of phenols is 1. The van der Waals surface area contributed by atoms with Crippen molar-refractivity contribution in [1.82, 2.24) is 0 Å². The minimum absolute atomic E-state index is 0.222. The molecular formula is C12H16O2. The first-order valence-corrected chi connectivity index (χ1v) is 5.15. The summed E-state index contributed by atoms with van der Waals surface area (Å²) in [6.07, 6.45) is 1.99. The van der Waals surface area contributed by atoms with Gasteiger partial charge in [0.2, 0.25) is 0 Å². The molecule has 2 heteroatoms.